The summed E-state index contributed by atoms with van der Waals surface area (Å²) in [4.78, 5) is 6.21. The Labute approximate surface area is 189 Å². The highest BCUT2D eigenvalue weighted by Crippen LogP contribution is 2.15. The van der Waals surface area contributed by atoms with Gasteiger partial charge in [-0.2, -0.15) is 0 Å². The van der Waals surface area contributed by atoms with E-state index in [0.717, 1.165) is 17.5 Å². The Balaban J connectivity index is 0.00000420. The van der Waals surface area contributed by atoms with Crippen LogP contribution in [0.25, 0.3) is 0 Å². The molecule has 6 nitrogen and oxygen atoms in total. The van der Waals surface area contributed by atoms with Crippen LogP contribution in [0.15, 0.2) is 47.5 Å². The van der Waals surface area contributed by atoms with Crippen LogP contribution in [0, 0.1) is 5.82 Å². The molecule has 0 heterocycles. The molecule has 29 heavy (non-hydrogen) atoms. The van der Waals surface area contributed by atoms with E-state index in [1.165, 1.54) is 18.2 Å². The van der Waals surface area contributed by atoms with Crippen LogP contribution in [0.1, 0.15) is 16.7 Å². The summed E-state index contributed by atoms with van der Waals surface area (Å²) in [6.45, 7) is 0.834. The summed E-state index contributed by atoms with van der Waals surface area (Å²) in [5.74, 6) is 0.00974. The predicted octanol–water partition coefficient (Wildman–Crippen LogP) is 2.92. The fourth-order valence-electron chi connectivity index (χ4n) is 2.71. The maximum atomic E-state index is 13.6. The van der Waals surface area contributed by atoms with Gasteiger partial charge in [0.15, 0.2) is 15.8 Å². The van der Waals surface area contributed by atoms with E-state index in [1.54, 1.807) is 7.05 Å². The third-order valence-corrected chi connectivity index (χ3v) is 4.98. The minimum atomic E-state index is -3.21. The summed E-state index contributed by atoms with van der Waals surface area (Å²) in [5, 5.41) is 6.33. The van der Waals surface area contributed by atoms with Crippen molar-refractivity contribution >= 4 is 45.5 Å². The number of hydrogen-bond donors (Lipinski definition) is 2. The van der Waals surface area contributed by atoms with Gasteiger partial charge < -0.3 is 15.5 Å². The molecule has 0 amide bonds. The fourth-order valence-corrected chi connectivity index (χ4v) is 3.56. The Morgan fingerprint density at radius 3 is 2.38 bits per heavy atom. The number of hydrogen-bond acceptors (Lipinski definition) is 4. The van der Waals surface area contributed by atoms with E-state index in [1.807, 2.05) is 37.2 Å². The fraction of sp³-hybridized carbons (Fsp3) is 0.350. The lowest BCUT2D eigenvalue weighted by molar-refractivity contribution is 0.599. The smallest absolute Gasteiger partial charge is 0.191 e. The van der Waals surface area contributed by atoms with E-state index in [2.05, 4.69) is 21.7 Å². The van der Waals surface area contributed by atoms with E-state index >= 15 is 0 Å². The van der Waals surface area contributed by atoms with Gasteiger partial charge in [0, 0.05) is 46.2 Å². The zero-order valence-electron chi connectivity index (χ0n) is 17.1. The van der Waals surface area contributed by atoms with Gasteiger partial charge in [0.1, 0.15) is 5.82 Å². The van der Waals surface area contributed by atoms with Crippen LogP contribution in [0.4, 0.5) is 10.1 Å². The summed E-state index contributed by atoms with van der Waals surface area (Å²) in [7, 11) is 2.41. The van der Waals surface area contributed by atoms with E-state index in [9.17, 15) is 12.8 Å². The number of benzene rings is 2. The molecule has 0 radical (unpaired) electrons. The Kier molecular flexibility index (Phi) is 9.84. The van der Waals surface area contributed by atoms with Crippen molar-refractivity contribution < 1.29 is 12.8 Å². The van der Waals surface area contributed by atoms with Crippen molar-refractivity contribution in [2.24, 2.45) is 4.99 Å². The van der Waals surface area contributed by atoms with E-state index in [4.69, 9.17) is 0 Å². The summed E-state index contributed by atoms with van der Waals surface area (Å²) in [6, 6.07) is 12.3. The van der Waals surface area contributed by atoms with Gasteiger partial charge in [0.2, 0.25) is 0 Å². The molecule has 0 aliphatic heterocycles. The standard InChI is InChI=1S/C20H27FN4O2S.HI/c1-22-20(23-12-15-6-5-7-19(10-15)25(2)3)24-13-17-11-18(21)9-8-16(17)14-28(4,26)27;/h5-11H,12-14H2,1-4H3,(H2,22,23,24);1H. The second-order valence-corrected chi connectivity index (χ2v) is 8.97. The van der Waals surface area contributed by atoms with Crippen LogP contribution in [0.3, 0.4) is 0 Å². The Morgan fingerprint density at radius 2 is 1.76 bits per heavy atom. The van der Waals surface area contributed by atoms with Crippen molar-refractivity contribution in [2.75, 3.05) is 32.3 Å². The molecule has 2 aromatic rings. The molecule has 2 rings (SSSR count). The maximum absolute atomic E-state index is 13.6. The molecule has 2 N–H and O–H groups in total. The third kappa shape index (κ3) is 8.57. The molecule has 0 saturated carbocycles. The molecule has 0 bridgehead atoms. The van der Waals surface area contributed by atoms with Gasteiger partial charge in [-0.05, 0) is 41.0 Å². The first-order valence-corrected chi connectivity index (χ1v) is 10.9. The largest absolute Gasteiger partial charge is 0.378 e. The maximum Gasteiger partial charge on any atom is 0.191 e. The van der Waals surface area contributed by atoms with Gasteiger partial charge in [0.05, 0.1) is 5.75 Å². The van der Waals surface area contributed by atoms with Crippen LogP contribution >= 0.6 is 24.0 Å². The van der Waals surface area contributed by atoms with Crippen LogP contribution in [0.2, 0.25) is 0 Å². The van der Waals surface area contributed by atoms with E-state index < -0.39 is 15.7 Å². The molecule has 0 atom stereocenters. The number of sulfone groups is 1. The average Bonchev–Trinajstić information content (AvgIpc) is 2.63. The zero-order valence-corrected chi connectivity index (χ0v) is 20.2. The van der Waals surface area contributed by atoms with Crippen LogP contribution in [0.5, 0.6) is 0 Å². The van der Waals surface area contributed by atoms with Gasteiger partial charge in [0.25, 0.3) is 0 Å². The molecular weight excluding hydrogens is 506 g/mol. The molecule has 0 aliphatic carbocycles. The van der Waals surface area contributed by atoms with Gasteiger partial charge in [-0.15, -0.1) is 24.0 Å². The van der Waals surface area contributed by atoms with Crippen molar-refractivity contribution in [3.8, 4) is 0 Å². The molecule has 2 aromatic carbocycles. The van der Waals surface area contributed by atoms with E-state index in [0.29, 0.717) is 23.6 Å². The summed E-state index contributed by atoms with van der Waals surface area (Å²) in [5.41, 5.74) is 3.36. The van der Waals surface area contributed by atoms with Crippen LogP contribution in [-0.4, -0.2) is 41.8 Å². The summed E-state index contributed by atoms with van der Waals surface area (Å²) >= 11 is 0. The molecule has 0 spiro atoms. The first-order chi connectivity index (χ1) is 13.2. The molecule has 0 fully saturated rings. The second-order valence-electron chi connectivity index (χ2n) is 6.83. The highest BCUT2D eigenvalue weighted by Gasteiger charge is 2.11. The van der Waals surface area contributed by atoms with Crippen molar-refractivity contribution in [1.29, 1.82) is 0 Å². The molecule has 0 aromatic heterocycles. The normalized spacial score (nSPS) is 11.6. The highest BCUT2D eigenvalue weighted by molar-refractivity contribution is 14.0. The molecule has 0 saturated heterocycles. The third-order valence-electron chi connectivity index (χ3n) is 4.14. The highest BCUT2D eigenvalue weighted by atomic mass is 127. The number of nitrogens with one attached hydrogen (secondary N) is 2. The monoisotopic (exact) mass is 534 g/mol. The topological polar surface area (TPSA) is 73.8 Å². The quantitative estimate of drug-likeness (QED) is 0.325. The second kappa shape index (κ2) is 11.3. The molecule has 0 unspecified atom stereocenters. The minimum Gasteiger partial charge on any atom is -0.378 e. The lowest BCUT2D eigenvalue weighted by Crippen LogP contribution is -2.36. The Hall–Kier alpha value is -1.88. The molecule has 160 valence electrons. The van der Waals surface area contributed by atoms with Crippen molar-refractivity contribution in [2.45, 2.75) is 18.8 Å². The van der Waals surface area contributed by atoms with Gasteiger partial charge in [-0.1, -0.05) is 18.2 Å². The number of nitrogens with zero attached hydrogens (tertiary/aromatic N) is 2. The number of aliphatic imine (C=N–C) groups is 1. The van der Waals surface area contributed by atoms with Crippen molar-refractivity contribution in [3.63, 3.8) is 0 Å². The zero-order chi connectivity index (χ0) is 20.7. The van der Waals surface area contributed by atoms with Crippen molar-refractivity contribution in [1.82, 2.24) is 10.6 Å². The average molecular weight is 534 g/mol. The predicted molar refractivity (Wildman–Crippen MR) is 128 cm³/mol. The molecular formula is C20H28FIN4O2S. The number of anilines is 1. The molecule has 0 aliphatic rings. The summed E-state index contributed by atoms with van der Waals surface area (Å²) < 4.78 is 36.9. The Bertz CT molecular complexity index is 949. The first-order valence-electron chi connectivity index (χ1n) is 8.84. The number of guanidine groups is 1. The number of halogens is 2. The van der Waals surface area contributed by atoms with Gasteiger partial charge in [-0.3, -0.25) is 4.99 Å². The summed E-state index contributed by atoms with van der Waals surface area (Å²) in [6.07, 6.45) is 1.16. The van der Waals surface area contributed by atoms with Gasteiger partial charge >= 0.3 is 0 Å². The first kappa shape index (κ1) is 25.2. The SMILES string of the molecule is CN=C(NCc1cccc(N(C)C)c1)NCc1cc(F)ccc1CS(C)(=O)=O.I. The van der Waals surface area contributed by atoms with Crippen molar-refractivity contribution in [3.05, 3.63) is 65.0 Å². The van der Waals surface area contributed by atoms with Crippen LogP contribution < -0.4 is 15.5 Å². The van der Waals surface area contributed by atoms with E-state index in [-0.39, 0.29) is 36.3 Å². The lowest BCUT2D eigenvalue weighted by Gasteiger charge is -2.16. The minimum absolute atomic E-state index is 0. The lowest BCUT2D eigenvalue weighted by atomic mass is 10.1. The van der Waals surface area contributed by atoms with Gasteiger partial charge in [-0.25, -0.2) is 12.8 Å². The molecule has 9 heteroatoms. The number of rotatable bonds is 7. The van der Waals surface area contributed by atoms with Crippen LogP contribution in [-0.2, 0) is 28.7 Å². The Morgan fingerprint density at radius 1 is 1.07 bits per heavy atom.